The minimum absolute atomic E-state index is 0.0284. The van der Waals surface area contributed by atoms with E-state index >= 15 is 0 Å². The number of nitrogens with one attached hydrogen (secondary N) is 1. The predicted octanol–water partition coefficient (Wildman–Crippen LogP) is 2.01. The highest BCUT2D eigenvalue weighted by molar-refractivity contribution is 7.89. The molecule has 0 bridgehead atoms. The van der Waals surface area contributed by atoms with Crippen molar-refractivity contribution in [3.05, 3.63) is 59.4 Å². The Balaban J connectivity index is 2.16. The Morgan fingerprint density at radius 2 is 2.00 bits per heavy atom. The van der Waals surface area contributed by atoms with Crippen LogP contribution in [0.4, 0.5) is 0 Å². The van der Waals surface area contributed by atoms with E-state index in [1.54, 1.807) is 30.6 Å². The summed E-state index contributed by atoms with van der Waals surface area (Å²) >= 11 is 5.84. The molecule has 0 saturated carbocycles. The molecule has 1 N–H and O–H groups in total. The Labute approximate surface area is 111 Å². The molecule has 0 aliphatic heterocycles. The van der Waals surface area contributed by atoms with Gasteiger partial charge < -0.3 is 0 Å². The molecule has 6 heteroatoms. The second kappa shape index (κ2) is 5.48. The van der Waals surface area contributed by atoms with Crippen LogP contribution in [-0.4, -0.2) is 13.4 Å². The first-order chi connectivity index (χ1) is 8.59. The first-order valence-corrected chi connectivity index (χ1v) is 7.00. The van der Waals surface area contributed by atoms with Crippen LogP contribution in [0.25, 0.3) is 0 Å². The van der Waals surface area contributed by atoms with Gasteiger partial charge >= 0.3 is 0 Å². The fourth-order valence-corrected chi connectivity index (χ4v) is 2.84. The maximum absolute atomic E-state index is 12.0. The fraction of sp³-hybridized carbons (Fsp3) is 0.0833. The molecular weight excluding hydrogens is 272 g/mol. The van der Waals surface area contributed by atoms with Crippen LogP contribution in [0.3, 0.4) is 0 Å². The summed E-state index contributed by atoms with van der Waals surface area (Å²) in [5.74, 6) is 0. The van der Waals surface area contributed by atoms with E-state index < -0.39 is 10.0 Å². The third-order valence-electron chi connectivity index (χ3n) is 2.28. The van der Waals surface area contributed by atoms with Gasteiger partial charge in [-0.3, -0.25) is 4.98 Å². The molecule has 2 aromatic rings. The molecular formula is C12H10ClN2O2S. The Morgan fingerprint density at radius 1 is 1.28 bits per heavy atom. The van der Waals surface area contributed by atoms with Crippen molar-refractivity contribution in [3.8, 4) is 0 Å². The quantitative estimate of drug-likeness (QED) is 0.933. The summed E-state index contributed by atoms with van der Waals surface area (Å²) in [5, 5.41) is 0.177. The number of sulfonamides is 1. The number of aromatic nitrogens is 1. The highest BCUT2D eigenvalue weighted by Gasteiger charge is 2.16. The molecule has 93 valence electrons. The molecule has 1 radical (unpaired) electrons. The molecule has 0 aliphatic carbocycles. The molecule has 18 heavy (non-hydrogen) atoms. The number of benzene rings is 1. The number of pyridine rings is 1. The summed E-state index contributed by atoms with van der Waals surface area (Å²) < 4.78 is 26.5. The average molecular weight is 282 g/mol. The summed E-state index contributed by atoms with van der Waals surface area (Å²) in [6.07, 6.45) is 3.21. The largest absolute Gasteiger partial charge is 0.265 e. The molecule has 0 atom stereocenters. The minimum Gasteiger partial charge on any atom is -0.265 e. The molecule has 0 spiro atoms. The van der Waals surface area contributed by atoms with Crippen molar-refractivity contribution in [1.82, 2.24) is 9.71 Å². The van der Waals surface area contributed by atoms with E-state index in [1.807, 2.05) is 0 Å². The zero-order valence-electron chi connectivity index (χ0n) is 9.30. The molecule has 0 unspecified atom stereocenters. The zero-order chi connectivity index (χ0) is 13.0. The smallest absolute Gasteiger partial charge is 0.242 e. The normalized spacial score (nSPS) is 11.4. The van der Waals surface area contributed by atoms with E-state index in [0.717, 1.165) is 5.56 Å². The standard InChI is InChI=1S/C12H10ClN2O2S/c13-11-3-1-2-4-12(11)18(16,17)15-9-10-5-7-14-8-6-10/h1,3-8,15H,9H2. The summed E-state index contributed by atoms with van der Waals surface area (Å²) in [6.45, 7) is 0.191. The lowest BCUT2D eigenvalue weighted by molar-refractivity contribution is 0.581. The van der Waals surface area contributed by atoms with Crippen LogP contribution in [-0.2, 0) is 16.6 Å². The van der Waals surface area contributed by atoms with Crippen LogP contribution in [0.5, 0.6) is 0 Å². The van der Waals surface area contributed by atoms with E-state index in [4.69, 9.17) is 11.6 Å². The van der Waals surface area contributed by atoms with Gasteiger partial charge in [0.15, 0.2) is 0 Å². The van der Waals surface area contributed by atoms with Crippen LogP contribution in [0, 0.1) is 6.07 Å². The predicted molar refractivity (Wildman–Crippen MR) is 68.6 cm³/mol. The van der Waals surface area contributed by atoms with Gasteiger partial charge in [-0.1, -0.05) is 17.7 Å². The Kier molecular flexibility index (Phi) is 3.96. The number of hydrogen-bond acceptors (Lipinski definition) is 3. The molecule has 0 saturated heterocycles. The summed E-state index contributed by atoms with van der Waals surface area (Å²) in [6, 6.07) is 10.6. The second-order valence-electron chi connectivity index (χ2n) is 3.54. The van der Waals surface area contributed by atoms with Crippen LogP contribution >= 0.6 is 11.6 Å². The third kappa shape index (κ3) is 3.07. The topological polar surface area (TPSA) is 59.1 Å². The lowest BCUT2D eigenvalue weighted by Crippen LogP contribution is -2.23. The number of hydrogen-bond donors (Lipinski definition) is 1. The zero-order valence-corrected chi connectivity index (χ0v) is 10.9. The van der Waals surface area contributed by atoms with Gasteiger partial charge in [-0.25, -0.2) is 13.1 Å². The lowest BCUT2D eigenvalue weighted by atomic mass is 10.3. The van der Waals surface area contributed by atoms with Gasteiger partial charge in [0.05, 0.1) is 5.02 Å². The van der Waals surface area contributed by atoms with Crippen LogP contribution in [0.2, 0.25) is 5.02 Å². The summed E-state index contributed by atoms with van der Waals surface area (Å²) in [5.41, 5.74) is 0.824. The van der Waals surface area contributed by atoms with Crippen molar-refractivity contribution < 1.29 is 8.42 Å². The van der Waals surface area contributed by atoms with Crippen LogP contribution in [0.15, 0.2) is 47.6 Å². The minimum atomic E-state index is -3.62. The van der Waals surface area contributed by atoms with E-state index in [9.17, 15) is 8.42 Å². The van der Waals surface area contributed by atoms with E-state index in [0.29, 0.717) is 0 Å². The van der Waals surface area contributed by atoms with E-state index in [1.165, 1.54) is 12.1 Å². The van der Waals surface area contributed by atoms with Crippen LogP contribution < -0.4 is 4.72 Å². The molecule has 0 fully saturated rings. The van der Waals surface area contributed by atoms with E-state index in [2.05, 4.69) is 15.8 Å². The maximum atomic E-state index is 12.0. The molecule has 1 heterocycles. The highest BCUT2D eigenvalue weighted by atomic mass is 35.5. The fourth-order valence-electron chi connectivity index (χ4n) is 1.36. The summed E-state index contributed by atoms with van der Waals surface area (Å²) in [7, 11) is -3.62. The second-order valence-corrected chi connectivity index (χ2v) is 5.68. The van der Waals surface area contributed by atoms with Crippen molar-refractivity contribution >= 4 is 21.6 Å². The molecule has 0 aliphatic rings. The third-order valence-corrected chi connectivity index (χ3v) is 4.16. The molecule has 1 aromatic heterocycles. The number of nitrogens with zero attached hydrogens (tertiary/aromatic N) is 1. The van der Waals surface area contributed by atoms with Crippen molar-refractivity contribution in [2.24, 2.45) is 0 Å². The highest BCUT2D eigenvalue weighted by Crippen LogP contribution is 2.20. The first-order valence-electron chi connectivity index (χ1n) is 5.14. The van der Waals surface area contributed by atoms with E-state index in [-0.39, 0.29) is 16.5 Å². The van der Waals surface area contributed by atoms with Crippen molar-refractivity contribution in [2.75, 3.05) is 0 Å². The monoisotopic (exact) mass is 281 g/mol. The van der Waals surface area contributed by atoms with Gasteiger partial charge in [0, 0.05) is 18.9 Å². The van der Waals surface area contributed by atoms with Gasteiger partial charge in [-0.15, -0.1) is 0 Å². The van der Waals surface area contributed by atoms with Gasteiger partial charge in [0.1, 0.15) is 4.90 Å². The molecule has 0 amide bonds. The Hall–Kier alpha value is -1.43. The van der Waals surface area contributed by atoms with Gasteiger partial charge in [-0.05, 0) is 35.9 Å². The first kappa shape index (κ1) is 13.0. The lowest BCUT2D eigenvalue weighted by Gasteiger charge is -2.07. The SMILES string of the molecule is O=S(=O)(NCc1ccncc1)c1c[c]ccc1Cl. The maximum Gasteiger partial charge on any atom is 0.242 e. The van der Waals surface area contributed by atoms with Gasteiger partial charge in [0.2, 0.25) is 10.0 Å². The number of halogens is 1. The van der Waals surface area contributed by atoms with Crippen molar-refractivity contribution in [1.29, 1.82) is 0 Å². The Bertz CT molecular complexity index is 630. The Morgan fingerprint density at radius 3 is 2.67 bits per heavy atom. The average Bonchev–Trinajstić information content (AvgIpc) is 2.38. The summed E-state index contributed by atoms with van der Waals surface area (Å²) in [4.78, 5) is 3.89. The number of rotatable bonds is 4. The van der Waals surface area contributed by atoms with Crippen molar-refractivity contribution in [2.45, 2.75) is 11.4 Å². The van der Waals surface area contributed by atoms with Gasteiger partial charge in [-0.2, -0.15) is 0 Å². The molecule has 1 aromatic carbocycles. The molecule has 2 rings (SSSR count). The van der Waals surface area contributed by atoms with Gasteiger partial charge in [0.25, 0.3) is 0 Å². The van der Waals surface area contributed by atoms with Crippen molar-refractivity contribution in [3.63, 3.8) is 0 Å². The molecule has 4 nitrogen and oxygen atoms in total. The van der Waals surface area contributed by atoms with Crippen LogP contribution in [0.1, 0.15) is 5.56 Å².